The molecule has 1 aliphatic carbocycles. The standard InChI is InChI=1S/C19H22N2O3S/c1-14-9-11-17(12-10-14)21-25(23,24)18-8-4-5-15(13-18)19(22)20-16-6-2-3-7-16/h4-5,8-13,16,21H,2-3,6-7H2,1H3,(H,20,22). The highest BCUT2D eigenvalue weighted by Gasteiger charge is 2.20. The largest absolute Gasteiger partial charge is 0.349 e. The zero-order valence-electron chi connectivity index (χ0n) is 14.2. The van der Waals surface area contributed by atoms with E-state index >= 15 is 0 Å². The lowest BCUT2D eigenvalue weighted by Crippen LogP contribution is -2.32. The van der Waals surface area contributed by atoms with Gasteiger partial charge in [0.2, 0.25) is 0 Å². The molecule has 2 N–H and O–H groups in total. The monoisotopic (exact) mass is 358 g/mol. The molecule has 3 rings (SSSR count). The molecule has 132 valence electrons. The molecule has 2 aromatic carbocycles. The van der Waals surface area contributed by atoms with Gasteiger partial charge in [-0.1, -0.05) is 36.6 Å². The van der Waals surface area contributed by atoms with Gasteiger partial charge in [0, 0.05) is 17.3 Å². The maximum atomic E-state index is 12.6. The number of rotatable bonds is 5. The van der Waals surface area contributed by atoms with Gasteiger partial charge < -0.3 is 5.32 Å². The van der Waals surface area contributed by atoms with Crippen LogP contribution in [0.2, 0.25) is 0 Å². The van der Waals surface area contributed by atoms with E-state index in [0.717, 1.165) is 31.2 Å². The zero-order chi connectivity index (χ0) is 17.9. The topological polar surface area (TPSA) is 75.3 Å². The summed E-state index contributed by atoms with van der Waals surface area (Å²) in [6.07, 6.45) is 4.22. The van der Waals surface area contributed by atoms with E-state index in [1.54, 1.807) is 24.3 Å². The first-order chi connectivity index (χ1) is 11.9. The van der Waals surface area contributed by atoms with E-state index in [4.69, 9.17) is 0 Å². The van der Waals surface area contributed by atoms with Crippen LogP contribution < -0.4 is 10.0 Å². The Labute approximate surface area is 148 Å². The Morgan fingerprint density at radius 2 is 1.72 bits per heavy atom. The van der Waals surface area contributed by atoms with E-state index in [0.29, 0.717) is 11.3 Å². The smallest absolute Gasteiger partial charge is 0.261 e. The fourth-order valence-electron chi connectivity index (χ4n) is 2.98. The molecule has 1 saturated carbocycles. The van der Waals surface area contributed by atoms with Crippen molar-refractivity contribution in [2.24, 2.45) is 0 Å². The molecule has 5 nitrogen and oxygen atoms in total. The Kier molecular flexibility index (Phi) is 5.08. The molecule has 2 aromatic rings. The highest BCUT2D eigenvalue weighted by Crippen LogP contribution is 2.20. The number of aryl methyl sites for hydroxylation is 1. The predicted octanol–water partition coefficient (Wildman–Crippen LogP) is 3.47. The van der Waals surface area contributed by atoms with Gasteiger partial charge in [0.15, 0.2) is 0 Å². The SMILES string of the molecule is Cc1ccc(NS(=O)(=O)c2cccc(C(=O)NC3CCCC3)c2)cc1. The van der Waals surface area contributed by atoms with Gasteiger partial charge in [-0.25, -0.2) is 8.42 Å². The molecule has 0 radical (unpaired) electrons. The summed E-state index contributed by atoms with van der Waals surface area (Å²) >= 11 is 0. The van der Waals surface area contributed by atoms with Gasteiger partial charge in [0.1, 0.15) is 0 Å². The number of hydrogen-bond donors (Lipinski definition) is 2. The highest BCUT2D eigenvalue weighted by atomic mass is 32.2. The predicted molar refractivity (Wildman–Crippen MR) is 98.2 cm³/mol. The summed E-state index contributed by atoms with van der Waals surface area (Å²) in [7, 11) is -3.74. The van der Waals surface area contributed by atoms with Crippen molar-refractivity contribution in [3.63, 3.8) is 0 Å². The van der Waals surface area contributed by atoms with Gasteiger partial charge in [0.25, 0.3) is 15.9 Å². The number of anilines is 1. The van der Waals surface area contributed by atoms with Crippen LogP contribution in [0, 0.1) is 6.92 Å². The second-order valence-corrected chi connectivity index (χ2v) is 8.14. The molecule has 1 amide bonds. The first-order valence-electron chi connectivity index (χ1n) is 8.44. The normalized spacial score (nSPS) is 15.1. The maximum absolute atomic E-state index is 12.6. The van der Waals surface area contributed by atoms with Crippen LogP contribution in [-0.2, 0) is 10.0 Å². The number of sulfonamides is 1. The quantitative estimate of drug-likeness (QED) is 0.859. The van der Waals surface area contributed by atoms with Crippen LogP contribution in [0.5, 0.6) is 0 Å². The van der Waals surface area contributed by atoms with Crippen LogP contribution in [0.15, 0.2) is 53.4 Å². The summed E-state index contributed by atoms with van der Waals surface area (Å²) in [4.78, 5) is 12.4. The fraction of sp³-hybridized carbons (Fsp3) is 0.316. The van der Waals surface area contributed by atoms with Crippen molar-refractivity contribution in [3.05, 3.63) is 59.7 Å². The van der Waals surface area contributed by atoms with Gasteiger partial charge in [-0.2, -0.15) is 0 Å². The minimum absolute atomic E-state index is 0.0761. The van der Waals surface area contributed by atoms with E-state index in [1.165, 1.54) is 12.1 Å². The van der Waals surface area contributed by atoms with Crippen LogP contribution in [0.25, 0.3) is 0 Å². The number of carbonyl (C=O) groups is 1. The van der Waals surface area contributed by atoms with Crippen molar-refractivity contribution in [2.45, 2.75) is 43.5 Å². The summed E-state index contributed by atoms with van der Waals surface area (Å²) in [6, 6.07) is 13.4. The molecular weight excluding hydrogens is 336 g/mol. The maximum Gasteiger partial charge on any atom is 0.261 e. The Hall–Kier alpha value is -2.34. The molecule has 25 heavy (non-hydrogen) atoms. The number of benzene rings is 2. The molecule has 0 unspecified atom stereocenters. The third-order valence-electron chi connectivity index (χ3n) is 4.40. The van der Waals surface area contributed by atoms with E-state index in [2.05, 4.69) is 10.0 Å². The van der Waals surface area contributed by atoms with Crippen molar-refractivity contribution < 1.29 is 13.2 Å². The van der Waals surface area contributed by atoms with Crippen LogP contribution in [0.3, 0.4) is 0 Å². The van der Waals surface area contributed by atoms with Gasteiger partial charge >= 0.3 is 0 Å². The second-order valence-electron chi connectivity index (χ2n) is 6.45. The molecule has 0 heterocycles. The summed E-state index contributed by atoms with van der Waals surface area (Å²) in [6.45, 7) is 1.94. The van der Waals surface area contributed by atoms with Crippen LogP contribution in [-0.4, -0.2) is 20.4 Å². The first-order valence-corrected chi connectivity index (χ1v) is 9.93. The molecule has 0 aromatic heterocycles. The van der Waals surface area contributed by atoms with Crippen molar-refractivity contribution in [1.29, 1.82) is 0 Å². The van der Waals surface area contributed by atoms with Crippen molar-refractivity contribution >= 4 is 21.6 Å². The van der Waals surface area contributed by atoms with Gasteiger partial charge in [-0.3, -0.25) is 9.52 Å². The van der Waals surface area contributed by atoms with E-state index in [9.17, 15) is 13.2 Å². The molecule has 0 bridgehead atoms. The average molecular weight is 358 g/mol. The summed E-state index contributed by atoms with van der Waals surface area (Å²) in [5.74, 6) is -0.223. The fourth-order valence-corrected chi connectivity index (χ4v) is 4.08. The minimum atomic E-state index is -3.74. The van der Waals surface area contributed by atoms with Crippen molar-refractivity contribution in [2.75, 3.05) is 4.72 Å². The molecule has 6 heteroatoms. The first kappa shape index (κ1) is 17.5. The summed E-state index contributed by atoms with van der Waals surface area (Å²) < 4.78 is 27.7. The van der Waals surface area contributed by atoms with Crippen LogP contribution in [0.1, 0.15) is 41.6 Å². The van der Waals surface area contributed by atoms with E-state index in [1.807, 2.05) is 19.1 Å². The number of hydrogen-bond acceptors (Lipinski definition) is 3. The summed E-state index contributed by atoms with van der Waals surface area (Å²) in [5, 5.41) is 2.98. The van der Waals surface area contributed by atoms with Gasteiger partial charge in [0.05, 0.1) is 4.90 Å². The molecule has 0 saturated heterocycles. The third kappa shape index (κ3) is 4.39. The minimum Gasteiger partial charge on any atom is -0.349 e. The number of nitrogens with one attached hydrogen (secondary N) is 2. The molecule has 1 aliphatic rings. The molecular formula is C19H22N2O3S. The van der Waals surface area contributed by atoms with Crippen LogP contribution >= 0.6 is 0 Å². The molecule has 0 aliphatic heterocycles. The van der Waals surface area contributed by atoms with Gasteiger partial charge in [-0.05, 0) is 50.1 Å². The van der Waals surface area contributed by atoms with Crippen molar-refractivity contribution in [1.82, 2.24) is 5.32 Å². The average Bonchev–Trinajstić information content (AvgIpc) is 3.10. The van der Waals surface area contributed by atoms with Crippen molar-refractivity contribution in [3.8, 4) is 0 Å². The van der Waals surface area contributed by atoms with E-state index < -0.39 is 10.0 Å². The Morgan fingerprint density at radius 1 is 1.04 bits per heavy atom. The van der Waals surface area contributed by atoms with Gasteiger partial charge in [-0.15, -0.1) is 0 Å². The lowest BCUT2D eigenvalue weighted by atomic mass is 10.2. The second kappa shape index (κ2) is 7.27. The Bertz CT molecular complexity index is 854. The Balaban J connectivity index is 1.77. The number of amides is 1. The third-order valence-corrected chi connectivity index (χ3v) is 5.78. The molecule has 0 atom stereocenters. The number of carbonyl (C=O) groups excluding carboxylic acids is 1. The highest BCUT2D eigenvalue weighted by molar-refractivity contribution is 7.92. The van der Waals surface area contributed by atoms with E-state index in [-0.39, 0.29) is 16.8 Å². The van der Waals surface area contributed by atoms with Crippen LogP contribution in [0.4, 0.5) is 5.69 Å². The lowest BCUT2D eigenvalue weighted by Gasteiger charge is -2.13. The Morgan fingerprint density at radius 3 is 2.40 bits per heavy atom. The zero-order valence-corrected chi connectivity index (χ0v) is 15.0. The lowest BCUT2D eigenvalue weighted by molar-refractivity contribution is 0.0937. The molecule has 0 spiro atoms. The summed E-state index contributed by atoms with van der Waals surface area (Å²) in [5.41, 5.74) is 1.90. The molecule has 1 fully saturated rings.